The highest BCUT2D eigenvalue weighted by Crippen LogP contribution is 2.31. The summed E-state index contributed by atoms with van der Waals surface area (Å²) in [6, 6.07) is 6.95. The van der Waals surface area contributed by atoms with Gasteiger partial charge in [-0.2, -0.15) is 0 Å². The van der Waals surface area contributed by atoms with E-state index in [2.05, 4.69) is 15.6 Å². The molecule has 15 heteroatoms. The highest BCUT2D eigenvalue weighted by molar-refractivity contribution is 7.09. The first-order valence-corrected chi connectivity index (χ1v) is 21.4. The molecule has 1 aromatic carbocycles. The first-order valence-electron chi connectivity index (χ1n) is 20.5. The molecule has 0 radical (unpaired) electrons. The summed E-state index contributed by atoms with van der Waals surface area (Å²) in [7, 11) is 8.52. The molecule has 3 rings (SSSR count). The van der Waals surface area contributed by atoms with Crippen LogP contribution in [0.1, 0.15) is 101 Å². The maximum atomic E-state index is 14.3. The molecule has 1 aliphatic rings. The molecule has 9 atom stereocenters. The number of ether oxygens (including phenoxy) is 2. The number of methoxy groups -OCH3 is 2. The maximum absolute atomic E-state index is 14.3. The Morgan fingerprint density at radius 3 is 2.12 bits per heavy atom. The van der Waals surface area contributed by atoms with Crippen LogP contribution in [0.15, 0.2) is 35.7 Å². The number of rotatable bonds is 22. The normalized spacial score (nSPS) is 18.6. The summed E-state index contributed by atoms with van der Waals surface area (Å²) in [4.78, 5) is 77.3. The molecule has 0 saturated carbocycles. The number of nitrogens with zero attached hydrogens (tertiary/aromatic N) is 4. The maximum Gasteiger partial charge on any atom is 0.355 e. The molecule has 1 aliphatic heterocycles. The number of thiazole rings is 1. The summed E-state index contributed by atoms with van der Waals surface area (Å²) in [6.07, 6.45) is 1.19. The zero-order chi connectivity index (χ0) is 43.4. The number of carboxylic acids is 1. The summed E-state index contributed by atoms with van der Waals surface area (Å²) < 4.78 is 12.0. The number of carbonyl (C=O) groups is 5. The Morgan fingerprint density at radius 2 is 1.60 bits per heavy atom. The van der Waals surface area contributed by atoms with Gasteiger partial charge in [-0.3, -0.25) is 24.1 Å². The highest BCUT2D eigenvalue weighted by Gasteiger charge is 2.43. The van der Waals surface area contributed by atoms with Crippen LogP contribution in [-0.4, -0.2) is 133 Å². The Kier molecular flexibility index (Phi) is 18.8. The number of amides is 4. The fourth-order valence-corrected chi connectivity index (χ4v) is 9.15. The van der Waals surface area contributed by atoms with Crippen LogP contribution in [-0.2, 0) is 35.1 Å². The second kappa shape index (κ2) is 22.5. The van der Waals surface area contributed by atoms with Crippen LogP contribution in [0, 0.1) is 23.7 Å². The van der Waals surface area contributed by atoms with Crippen molar-refractivity contribution in [2.45, 2.75) is 123 Å². The predicted octanol–water partition coefficient (Wildman–Crippen LogP) is 4.89. The average Bonchev–Trinajstić information content (AvgIpc) is 3.87. The van der Waals surface area contributed by atoms with E-state index in [1.165, 1.54) is 16.7 Å². The van der Waals surface area contributed by atoms with E-state index in [1.54, 1.807) is 38.0 Å². The molecule has 58 heavy (non-hydrogen) atoms. The Bertz CT molecular complexity index is 1650. The molecule has 0 unspecified atom stereocenters. The van der Waals surface area contributed by atoms with E-state index >= 15 is 0 Å². The van der Waals surface area contributed by atoms with Crippen molar-refractivity contribution in [3.05, 3.63) is 52.0 Å². The highest BCUT2D eigenvalue weighted by atomic mass is 32.1. The third-order valence-corrected chi connectivity index (χ3v) is 12.5. The van der Waals surface area contributed by atoms with Gasteiger partial charge in [0.15, 0.2) is 5.69 Å². The third kappa shape index (κ3) is 12.3. The molecule has 0 aliphatic carbocycles. The summed E-state index contributed by atoms with van der Waals surface area (Å²) in [5.41, 5.74) is 0.870. The summed E-state index contributed by atoms with van der Waals surface area (Å²) >= 11 is 1.18. The second-order valence-electron chi connectivity index (χ2n) is 16.6. The summed E-state index contributed by atoms with van der Waals surface area (Å²) in [5.74, 6) is -2.94. The van der Waals surface area contributed by atoms with Crippen LogP contribution in [0.2, 0.25) is 0 Å². The summed E-state index contributed by atoms with van der Waals surface area (Å²) in [5, 5.41) is 17.6. The fraction of sp³-hybridized carbons (Fsp3) is 0.674. The smallest absolute Gasteiger partial charge is 0.355 e. The van der Waals surface area contributed by atoms with Crippen molar-refractivity contribution in [3.63, 3.8) is 0 Å². The van der Waals surface area contributed by atoms with Crippen molar-refractivity contribution in [1.82, 2.24) is 30.3 Å². The minimum atomic E-state index is -1.14. The van der Waals surface area contributed by atoms with Crippen LogP contribution >= 0.6 is 11.3 Å². The standard InChI is InChI=1S/C43H68N6O8S/c1-13-27(6)37(48(10)42(53)35(25(2)3)46-40(52)36(26(4)5)47(8)9)33(56-11)23-34(50)49-21-17-20-32(49)38(57-12)28(7)39(51)44-30(22-29-18-15-14-16-19-29)41-45-31(24-58-41)43(54)55/h14-16,18-19,24-28,30,32-33,35-38H,13,17,20-23H2,1-12H3,(H,44,51)(H,46,52)(H,54,55)/t27-,28+,30-,32-,33+,35-,36-,37-,38+/m0/s1. The van der Waals surface area contributed by atoms with Gasteiger partial charge in [-0.25, -0.2) is 9.78 Å². The van der Waals surface area contributed by atoms with Gasteiger partial charge >= 0.3 is 5.97 Å². The first-order chi connectivity index (χ1) is 27.4. The Labute approximate surface area is 349 Å². The molecule has 1 fully saturated rings. The number of aromatic nitrogens is 1. The monoisotopic (exact) mass is 828 g/mol. The van der Waals surface area contributed by atoms with E-state index in [-0.39, 0.29) is 53.5 Å². The zero-order valence-electron chi connectivity index (χ0n) is 36.6. The van der Waals surface area contributed by atoms with Crippen LogP contribution in [0.25, 0.3) is 0 Å². The molecule has 4 amide bonds. The van der Waals surface area contributed by atoms with Gasteiger partial charge in [0.2, 0.25) is 23.6 Å². The predicted molar refractivity (Wildman–Crippen MR) is 225 cm³/mol. The molecule has 1 aromatic heterocycles. The molecule has 324 valence electrons. The topological polar surface area (TPSA) is 171 Å². The lowest BCUT2D eigenvalue weighted by molar-refractivity contribution is -0.148. The zero-order valence-corrected chi connectivity index (χ0v) is 37.4. The van der Waals surface area contributed by atoms with Gasteiger partial charge in [-0.05, 0) is 56.7 Å². The molecule has 2 aromatic rings. The van der Waals surface area contributed by atoms with E-state index in [9.17, 15) is 29.1 Å². The Hall–Kier alpha value is -3.92. The van der Waals surface area contributed by atoms with Crippen LogP contribution in [0.3, 0.4) is 0 Å². The van der Waals surface area contributed by atoms with Crippen molar-refractivity contribution in [3.8, 4) is 0 Å². The molecular formula is C43H68N6O8S. The number of nitrogens with one attached hydrogen (secondary N) is 2. The average molecular weight is 829 g/mol. The fourth-order valence-electron chi connectivity index (χ4n) is 8.31. The van der Waals surface area contributed by atoms with Crippen molar-refractivity contribution in [2.75, 3.05) is 41.9 Å². The number of hydrogen-bond donors (Lipinski definition) is 3. The van der Waals surface area contributed by atoms with E-state index < -0.39 is 54.3 Å². The minimum Gasteiger partial charge on any atom is -0.476 e. The lowest BCUT2D eigenvalue weighted by Gasteiger charge is -2.41. The number of hydrogen-bond acceptors (Lipinski definition) is 10. The van der Waals surface area contributed by atoms with Gasteiger partial charge in [0.25, 0.3) is 0 Å². The molecular weight excluding hydrogens is 761 g/mol. The van der Waals surface area contributed by atoms with Gasteiger partial charge in [0.1, 0.15) is 11.0 Å². The second-order valence-corrected chi connectivity index (χ2v) is 17.5. The lowest BCUT2D eigenvalue weighted by Crippen LogP contribution is -2.59. The number of carbonyl (C=O) groups excluding carboxylic acids is 4. The minimum absolute atomic E-state index is 0.000499. The van der Waals surface area contributed by atoms with Gasteiger partial charge in [-0.15, -0.1) is 11.3 Å². The molecule has 2 heterocycles. The van der Waals surface area contributed by atoms with Crippen LogP contribution < -0.4 is 10.6 Å². The van der Waals surface area contributed by atoms with E-state index in [0.717, 1.165) is 18.4 Å². The quantitative estimate of drug-likeness (QED) is 0.149. The molecule has 1 saturated heterocycles. The number of likely N-dealkylation sites (tertiary alicyclic amines) is 1. The summed E-state index contributed by atoms with van der Waals surface area (Å²) in [6.45, 7) is 14.1. The number of benzene rings is 1. The third-order valence-electron chi connectivity index (χ3n) is 11.6. The van der Waals surface area contributed by atoms with Crippen LogP contribution in [0.5, 0.6) is 0 Å². The van der Waals surface area contributed by atoms with Crippen molar-refractivity contribution in [2.24, 2.45) is 23.7 Å². The molecule has 14 nitrogen and oxygen atoms in total. The molecule has 0 bridgehead atoms. The SMILES string of the molecule is CC[C@H](C)[C@@H]([C@@H](CC(=O)N1CCC[C@H]1[C@H](OC)[C@@H](C)C(=O)N[C@@H](Cc1ccccc1)c1nc(C(=O)O)cs1)OC)N(C)C(=O)[C@@H](NC(=O)[C@H](C(C)C)N(C)C)C(C)C. The number of likely N-dealkylation sites (N-methyl/N-ethyl adjacent to an activating group) is 2. The van der Waals surface area contributed by atoms with E-state index in [4.69, 9.17) is 9.47 Å². The van der Waals surface area contributed by atoms with Crippen molar-refractivity contribution >= 4 is 40.9 Å². The Balaban J connectivity index is 1.82. The van der Waals surface area contributed by atoms with Gasteiger partial charge < -0.3 is 35.0 Å². The largest absolute Gasteiger partial charge is 0.476 e. The number of aromatic carboxylic acids is 1. The van der Waals surface area contributed by atoms with Gasteiger partial charge in [0, 0.05) is 33.2 Å². The molecule has 0 spiro atoms. The van der Waals surface area contributed by atoms with Gasteiger partial charge in [0.05, 0.1) is 48.7 Å². The van der Waals surface area contributed by atoms with Gasteiger partial charge in [-0.1, -0.05) is 85.2 Å². The first kappa shape index (κ1) is 48.4. The van der Waals surface area contributed by atoms with Crippen molar-refractivity contribution in [1.29, 1.82) is 0 Å². The van der Waals surface area contributed by atoms with Crippen molar-refractivity contribution < 1.29 is 38.6 Å². The van der Waals surface area contributed by atoms with E-state index in [0.29, 0.717) is 24.4 Å². The van der Waals surface area contributed by atoms with Crippen LogP contribution in [0.4, 0.5) is 0 Å². The number of carboxylic acid groups (broad SMARTS) is 1. The lowest BCUT2D eigenvalue weighted by atomic mass is 9.89. The Morgan fingerprint density at radius 1 is 0.948 bits per heavy atom. The molecule has 3 N–H and O–H groups in total. The van der Waals surface area contributed by atoms with E-state index in [1.807, 2.05) is 90.9 Å².